The number of hydrogen-bond donors (Lipinski definition) is 2. The summed E-state index contributed by atoms with van der Waals surface area (Å²) in [4.78, 5) is 11.7. The van der Waals surface area contributed by atoms with Crippen LogP contribution in [-0.4, -0.2) is 25.8 Å². The molecule has 0 aliphatic carbocycles. The number of carbonyl (C=O) groups is 1. The topological polar surface area (TPSA) is 50.4 Å². The molecule has 0 spiro atoms. The Bertz CT molecular complexity index is 468. The van der Waals surface area contributed by atoms with E-state index in [9.17, 15) is 18.0 Å². The molecule has 0 atom stereocenters. The summed E-state index contributed by atoms with van der Waals surface area (Å²) in [6.07, 6.45) is -2.56. The van der Waals surface area contributed by atoms with Crippen LogP contribution in [0.25, 0.3) is 0 Å². The van der Waals surface area contributed by atoms with Gasteiger partial charge in [0.1, 0.15) is 0 Å². The molecule has 1 aromatic carbocycles. The van der Waals surface area contributed by atoms with E-state index >= 15 is 0 Å². The smallest absolute Gasteiger partial charge is 0.381 e. The summed E-state index contributed by atoms with van der Waals surface area (Å²) in [5.74, 6) is 0.386. The first kappa shape index (κ1) is 15.6. The summed E-state index contributed by atoms with van der Waals surface area (Å²) in [6, 6.07) is 3.93. The number of urea groups is 1. The molecule has 7 heteroatoms. The van der Waals surface area contributed by atoms with Crippen LogP contribution >= 0.6 is 0 Å². The fourth-order valence-corrected chi connectivity index (χ4v) is 2.11. The van der Waals surface area contributed by atoms with Crippen molar-refractivity contribution in [1.82, 2.24) is 5.32 Å². The zero-order valence-electron chi connectivity index (χ0n) is 11.4. The molecule has 1 heterocycles. The van der Waals surface area contributed by atoms with Crippen molar-refractivity contribution < 1.29 is 22.7 Å². The zero-order chi connectivity index (χ0) is 15.3. The van der Waals surface area contributed by atoms with Crippen molar-refractivity contribution in [2.24, 2.45) is 5.92 Å². The molecular weight excluding hydrogens is 285 g/mol. The van der Waals surface area contributed by atoms with Crippen LogP contribution in [0.5, 0.6) is 0 Å². The average molecular weight is 302 g/mol. The normalized spacial score (nSPS) is 16.5. The third kappa shape index (κ3) is 4.93. The molecule has 1 fully saturated rings. The highest BCUT2D eigenvalue weighted by molar-refractivity contribution is 5.89. The van der Waals surface area contributed by atoms with Gasteiger partial charge in [-0.1, -0.05) is 0 Å². The van der Waals surface area contributed by atoms with Crippen LogP contribution in [0.4, 0.5) is 23.7 Å². The molecule has 2 amide bonds. The predicted molar refractivity (Wildman–Crippen MR) is 72.0 cm³/mol. The monoisotopic (exact) mass is 302 g/mol. The number of nitrogens with one attached hydrogen (secondary N) is 2. The van der Waals surface area contributed by atoms with Gasteiger partial charge in [-0.3, -0.25) is 0 Å². The van der Waals surface area contributed by atoms with Gasteiger partial charge in [0.15, 0.2) is 0 Å². The van der Waals surface area contributed by atoms with Gasteiger partial charge in [-0.2, -0.15) is 13.2 Å². The van der Waals surface area contributed by atoms with Gasteiger partial charge in [0.2, 0.25) is 0 Å². The SMILES string of the molecule is O=C(NCC1CCOCC1)Nc1ccc(C(F)(F)F)cc1. The molecule has 0 saturated carbocycles. The lowest BCUT2D eigenvalue weighted by molar-refractivity contribution is -0.137. The minimum Gasteiger partial charge on any atom is -0.381 e. The predicted octanol–water partition coefficient (Wildman–Crippen LogP) is 3.25. The number of benzene rings is 1. The molecule has 0 radical (unpaired) electrons. The molecule has 2 rings (SSSR count). The van der Waals surface area contributed by atoms with Crippen LogP contribution in [0.15, 0.2) is 24.3 Å². The lowest BCUT2D eigenvalue weighted by Crippen LogP contribution is -2.35. The number of rotatable bonds is 3. The molecule has 116 valence electrons. The molecule has 21 heavy (non-hydrogen) atoms. The quantitative estimate of drug-likeness (QED) is 0.900. The maximum atomic E-state index is 12.4. The Labute approximate surface area is 120 Å². The Morgan fingerprint density at radius 2 is 1.81 bits per heavy atom. The molecule has 1 saturated heterocycles. The highest BCUT2D eigenvalue weighted by atomic mass is 19.4. The molecule has 1 aliphatic heterocycles. The zero-order valence-corrected chi connectivity index (χ0v) is 11.4. The Kier molecular flexibility index (Phi) is 5.06. The van der Waals surface area contributed by atoms with Crippen molar-refractivity contribution in [3.63, 3.8) is 0 Å². The average Bonchev–Trinajstić information content (AvgIpc) is 2.46. The summed E-state index contributed by atoms with van der Waals surface area (Å²) in [5, 5.41) is 5.23. The molecule has 1 aliphatic rings. The van der Waals surface area contributed by atoms with E-state index in [0.717, 1.165) is 25.0 Å². The van der Waals surface area contributed by atoms with Crippen molar-refractivity contribution in [3.05, 3.63) is 29.8 Å². The number of carbonyl (C=O) groups excluding carboxylic acids is 1. The standard InChI is InChI=1S/C14H17F3N2O2/c15-14(16,17)11-1-3-12(4-2-11)19-13(20)18-9-10-5-7-21-8-6-10/h1-4,10H,5-9H2,(H2,18,19,20). The van der Waals surface area contributed by atoms with Crippen molar-refractivity contribution >= 4 is 11.7 Å². The van der Waals surface area contributed by atoms with Crippen molar-refractivity contribution in [3.8, 4) is 0 Å². The first-order valence-corrected chi connectivity index (χ1v) is 6.75. The summed E-state index contributed by atoms with van der Waals surface area (Å²) >= 11 is 0. The maximum absolute atomic E-state index is 12.4. The number of halogens is 3. The fraction of sp³-hybridized carbons (Fsp3) is 0.500. The molecule has 0 unspecified atom stereocenters. The van der Waals surface area contributed by atoms with Gasteiger partial charge >= 0.3 is 12.2 Å². The minimum absolute atomic E-state index is 0.326. The maximum Gasteiger partial charge on any atom is 0.416 e. The van der Waals surface area contributed by atoms with E-state index in [-0.39, 0.29) is 0 Å². The van der Waals surface area contributed by atoms with E-state index in [2.05, 4.69) is 10.6 Å². The van der Waals surface area contributed by atoms with Gasteiger partial charge < -0.3 is 15.4 Å². The van der Waals surface area contributed by atoms with Crippen molar-refractivity contribution in [1.29, 1.82) is 0 Å². The van der Waals surface area contributed by atoms with E-state index in [0.29, 0.717) is 31.4 Å². The Balaban J connectivity index is 1.79. The Morgan fingerprint density at radius 1 is 1.19 bits per heavy atom. The molecular formula is C14H17F3N2O2. The second-order valence-electron chi connectivity index (χ2n) is 4.97. The highest BCUT2D eigenvalue weighted by Gasteiger charge is 2.29. The van der Waals surface area contributed by atoms with Crippen molar-refractivity contribution in [2.75, 3.05) is 25.1 Å². The molecule has 0 aromatic heterocycles. The van der Waals surface area contributed by atoms with E-state index in [1.54, 1.807) is 0 Å². The number of anilines is 1. The third-order valence-electron chi connectivity index (χ3n) is 3.36. The highest BCUT2D eigenvalue weighted by Crippen LogP contribution is 2.29. The number of ether oxygens (including phenoxy) is 1. The summed E-state index contributed by atoms with van der Waals surface area (Å²) in [6.45, 7) is 1.94. The molecule has 0 bridgehead atoms. The van der Waals surface area contributed by atoms with E-state index in [1.807, 2.05) is 0 Å². The van der Waals surface area contributed by atoms with Crippen LogP contribution in [-0.2, 0) is 10.9 Å². The van der Waals surface area contributed by atoms with Gasteiger partial charge in [0.05, 0.1) is 5.56 Å². The van der Waals surface area contributed by atoms with Gasteiger partial charge in [-0.15, -0.1) is 0 Å². The van der Waals surface area contributed by atoms with Crippen LogP contribution in [0, 0.1) is 5.92 Å². The second kappa shape index (κ2) is 6.80. The third-order valence-corrected chi connectivity index (χ3v) is 3.36. The summed E-state index contributed by atoms with van der Waals surface area (Å²) in [5.41, 5.74) is -0.414. The lowest BCUT2D eigenvalue weighted by Gasteiger charge is -2.22. The Morgan fingerprint density at radius 3 is 2.38 bits per heavy atom. The van der Waals surface area contributed by atoms with E-state index in [4.69, 9.17) is 4.74 Å². The van der Waals surface area contributed by atoms with Gasteiger partial charge in [-0.25, -0.2) is 4.79 Å². The second-order valence-corrected chi connectivity index (χ2v) is 4.97. The number of hydrogen-bond acceptors (Lipinski definition) is 2. The largest absolute Gasteiger partial charge is 0.416 e. The van der Waals surface area contributed by atoms with Gasteiger partial charge in [-0.05, 0) is 43.0 Å². The molecule has 1 aromatic rings. The van der Waals surface area contributed by atoms with Crippen LogP contribution in [0.2, 0.25) is 0 Å². The van der Waals surface area contributed by atoms with E-state index < -0.39 is 17.8 Å². The van der Waals surface area contributed by atoms with Crippen LogP contribution in [0.3, 0.4) is 0 Å². The van der Waals surface area contributed by atoms with Crippen LogP contribution in [0.1, 0.15) is 18.4 Å². The fourth-order valence-electron chi connectivity index (χ4n) is 2.11. The first-order valence-electron chi connectivity index (χ1n) is 6.75. The summed E-state index contributed by atoms with van der Waals surface area (Å²) in [7, 11) is 0. The summed E-state index contributed by atoms with van der Waals surface area (Å²) < 4.78 is 42.4. The van der Waals surface area contributed by atoms with E-state index in [1.165, 1.54) is 12.1 Å². The number of alkyl halides is 3. The van der Waals surface area contributed by atoms with Crippen molar-refractivity contribution in [2.45, 2.75) is 19.0 Å². The lowest BCUT2D eigenvalue weighted by atomic mass is 10.0. The van der Waals surface area contributed by atoms with Gasteiger partial charge in [0, 0.05) is 25.4 Å². The molecule has 2 N–H and O–H groups in total. The molecule has 4 nitrogen and oxygen atoms in total. The first-order chi connectivity index (χ1) is 9.95. The number of amides is 2. The minimum atomic E-state index is -4.37. The van der Waals surface area contributed by atoms with Crippen LogP contribution < -0.4 is 10.6 Å². The Hall–Kier alpha value is -1.76. The van der Waals surface area contributed by atoms with Gasteiger partial charge in [0.25, 0.3) is 0 Å².